The highest BCUT2D eigenvalue weighted by Crippen LogP contribution is 2.30. The highest BCUT2D eigenvalue weighted by atomic mass is 16.7. The number of hydrogen-bond acceptors (Lipinski definition) is 13. The van der Waals surface area contributed by atoms with Gasteiger partial charge in [0.2, 0.25) is 5.91 Å². The van der Waals surface area contributed by atoms with Crippen LogP contribution in [0.5, 0.6) is 0 Å². The maximum absolute atomic E-state index is 13.2. The second-order valence-corrected chi connectivity index (χ2v) is 19.0. The molecular formula is C58H97NO13. The van der Waals surface area contributed by atoms with Gasteiger partial charge in [-0.3, -0.25) is 4.79 Å². The van der Waals surface area contributed by atoms with Crippen molar-refractivity contribution in [3.8, 4) is 0 Å². The fraction of sp³-hybridized carbons (Fsp3) is 0.707. The van der Waals surface area contributed by atoms with Crippen molar-refractivity contribution in [2.45, 2.75) is 242 Å². The van der Waals surface area contributed by atoms with Gasteiger partial charge < -0.3 is 65.1 Å². The molecule has 2 aliphatic rings. The summed E-state index contributed by atoms with van der Waals surface area (Å²) in [5, 5.41) is 86.8. The highest BCUT2D eigenvalue weighted by molar-refractivity contribution is 5.76. The summed E-state index contributed by atoms with van der Waals surface area (Å²) < 4.78 is 22.7. The number of aliphatic hydroxyl groups is 8. The van der Waals surface area contributed by atoms with Gasteiger partial charge in [-0.05, 0) is 77.0 Å². The van der Waals surface area contributed by atoms with E-state index in [9.17, 15) is 45.6 Å². The van der Waals surface area contributed by atoms with Crippen LogP contribution in [0.3, 0.4) is 0 Å². The van der Waals surface area contributed by atoms with E-state index in [1.165, 1.54) is 38.5 Å². The Morgan fingerprint density at radius 2 is 0.958 bits per heavy atom. The van der Waals surface area contributed by atoms with Crippen molar-refractivity contribution in [1.29, 1.82) is 0 Å². The predicted octanol–water partition coefficient (Wildman–Crippen LogP) is 8.32. The van der Waals surface area contributed by atoms with Gasteiger partial charge in [0, 0.05) is 6.42 Å². The summed E-state index contributed by atoms with van der Waals surface area (Å²) in [6, 6.07) is -0.930. The lowest BCUT2D eigenvalue weighted by atomic mass is 9.97. The number of unbranched alkanes of at least 4 members (excludes halogenated alkanes) is 14. The first-order valence-electron chi connectivity index (χ1n) is 27.5. The Morgan fingerprint density at radius 3 is 1.47 bits per heavy atom. The van der Waals surface area contributed by atoms with Crippen LogP contribution in [0.4, 0.5) is 0 Å². The van der Waals surface area contributed by atoms with Crippen LogP contribution in [0.25, 0.3) is 0 Å². The van der Waals surface area contributed by atoms with E-state index in [2.05, 4.69) is 104 Å². The van der Waals surface area contributed by atoms with Crippen LogP contribution < -0.4 is 5.32 Å². The first-order chi connectivity index (χ1) is 35.1. The zero-order chi connectivity index (χ0) is 52.4. The molecule has 1 amide bonds. The van der Waals surface area contributed by atoms with Gasteiger partial charge in [-0.25, -0.2) is 0 Å². The average molecular weight is 1020 g/mol. The monoisotopic (exact) mass is 1020 g/mol. The minimum atomic E-state index is -1.79. The number of ether oxygens (including phenoxy) is 4. The lowest BCUT2D eigenvalue weighted by Gasteiger charge is -2.46. The first kappa shape index (κ1) is 65.0. The summed E-state index contributed by atoms with van der Waals surface area (Å²) in [6.45, 7) is 2.62. The van der Waals surface area contributed by atoms with Crippen molar-refractivity contribution in [1.82, 2.24) is 5.32 Å². The number of allylic oxidation sites excluding steroid dienone is 15. The number of carbonyl (C=O) groups is 1. The van der Waals surface area contributed by atoms with Gasteiger partial charge in [-0.1, -0.05) is 182 Å². The Morgan fingerprint density at radius 1 is 0.514 bits per heavy atom. The fourth-order valence-corrected chi connectivity index (χ4v) is 8.33. The molecule has 0 aromatic rings. The molecule has 0 saturated carbocycles. The maximum atomic E-state index is 13.2. The number of aliphatic hydroxyl groups excluding tert-OH is 8. The number of nitrogens with one attached hydrogen (secondary N) is 1. The van der Waals surface area contributed by atoms with Crippen LogP contribution in [0.2, 0.25) is 0 Å². The van der Waals surface area contributed by atoms with Crippen molar-refractivity contribution >= 4 is 5.91 Å². The molecule has 72 heavy (non-hydrogen) atoms. The molecule has 0 aliphatic carbocycles. The molecule has 2 saturated heterocycles. The summed E-state index contributed by atoms with van der Waals surface area (Å²) >= 11 is 0. The fourth-order valence-electron chi connectivity index (χ4n) is 8.33. The molecule has 0 aromatic carbocycles. The topological polar surface area (TPSA) is 228 Å². The Balaban J connectivity index is 1.76. The standard InChI is InChI=1S/C58H97NO13/c1-3-5-7-9-11-13-15-16-17-18-19-20-21-22-23-24-25-26-27-28-29-30-32-34-36-38-40-42-50(63)59-46(47(62)41-39-37-35-33-31-14-12-10-8-6-4-2)45-69-57-55(68)53(66)56(49(44-61)71-57)72-58-54(67)52(65)51(64)48(43-60)70-58/h5,7,11,13,16-17,19-20,22-23,25-26,28-29,39,41,46-49,51-58,60-62,64-68H,3-4,6,8-10,12,14-15,18,21,24,27,30-38,40,42-45H2,1-2H3,(H,59,63)/b7-5-,13-11-,17-16-,20-19-,23-22-,26-25-,29-28-,41-39+. The lowest BCUT2D eigenvalue weighted by molar-refractivity contribution is -0.359. The summed E-state index contributed by atoms with van der Waals surface area (Å²) in [5.41, 5.74) is 0. The van der Waals surface area contributed by atoms with E-state index in [4.69, 9.17) is 18.9 Å². The second kappa shape index (κ2) is 43.2. The molecule has 0 radical (unpaired) electrons. The van der Waals surface area contributed by atoms with Crippen molar-refractivity contribution < 1.29 is 64.6 Å². The van der Waals surface area contributed by atoms with Crippen molar-refractivity contribution in [3.05, 3.63) is 97.2 Å². The van der Waals surface area contributed by atoms with Gasteiger partial charge in [-0.15, -0.1) is 0 Å². The Bertz CT molecular complexity index is 1570. The summed E-state index contributed by atoms with van der Waals surface area (Å²) in [5.74, 6) is -0.265. The van der Waals surface area contributed by atoms with Gasteiger partial charge in [0.15, 0.2) is 12.6 Å². The molecular weight excluding hydrogens is 919 g/mol. The number of amides is 1. The number of carbonyl (C=O) groups excluding carboxylic acids is 1. The summed E-state index contributed by atoms with van der Waals surface area (Å²) in [4.78, 5) is 13.2. The van der Waals surface area contributed by atoms with Gasteiger partial charge in [0.05, 0.1) is 32.0 Å². The van der Waals surface area contributed by atoms with Gasteiger partial charge in [-0.2, -0.15) is 0 Å². The number of hydrogen-bond donors (Lipinski definition) is 9. The van der Waals surface area contributed by atoms with E-state index < -0.39 is 86.8 Å². The van der Waals surface area contributed by atoms with Gasteiger partial charge in [0.25, 0.3) is 0 Å². The SMILES string of the molecule is CC/C=C\C/C=C\C/C=C\C/C=C\C/C=C\C/C=C\C/C=C\CCCCCCCC(=O)NC(COC1OC(CO)C(OC2OC(CO)C(O)C(O)C2O)C(O)C1O)C(O)/C=C/CCCCCCCCCCC. The second-order valence-electron chi connectivity index (χ2n) is 19.0. The van der Waals surface area contributed by atoms with Crippen LogP contribution >= 0.6 is 0 Å². The summed E-state index contributed by atoms with van der Waals surface area (Å²) in [6.07, 6.45) is 41.6. The van der Waals surface area contributed by atoms with E-state index in [1.54, 1.807) is 6.08 Å². The van der Waals surface area contributed by atoms with Crippen LogP contribution in [0.15, 0.2) is 97.2 Å². The molecule has 2 aliphatic heterocycles. The van der Waals surface area contributed by atoms with Gasteiger partial charge in [0.1, 0.15) is 48.8 Å². The molecule has 9 N–H and O–H groups in total. The normalized spacial score (nSPS) is 26.4. The number of rotatable bonds is 41. The molecule has 2 rings (SSSR count). The third-order valence-corrected chi connectivity index (χ3v) is 12.8. The van der Waals surface area contributed by atoms with Crippen LogP contribution in [0.1, 0.15) is 168 Å². The zero-order valence-corrected chi connectivity index (χ0v) is 43.9. The minimum absolute atomic E-state index is 0.252. The van der Waals surface area contributed by atoms with Crippen LogP contribution in [0, 0.1) is 0 Å². The Kier molecular flexibility index (Phi) is 39.0. The molecule has 12 unspecified atom stereocenters. The summed E-state index contributed by atoms with van der Waals surface area (Å²) in [7, 11) is 0. The van der Waals surface area contributed by atoms with Crippen molar-refractivity contribution in [2.75, 3.05) is 19.8 Å². The van der Waals surface area contributed by atoms with E-state index >= 15 is 0 Å². The maximum Gasteiger partial charge on any atom is 0.220 e. The van der Waals surface area contributed by atoms with Crippen LogP contribution in [-0.2, 0) is 23.7 Å². The average Bonchev–Trinajstić information content (AvgIpc) is 3.38. The minimum Gasteiger partial charge on any atom is -0.394 e. The van der Waals surface area contributed by atoms with E-state index in [1.807, 2.05) is 6.08 Å². The van der Waals surface area contributed by atoms with Gasteiger partial charge >= 0.3 is 0 Å². The predicted molar refractivity (Wildman–Crippen MR) is 286 cm³/mol. The van der Waals surface area contributed by atoms with Crippen molar-refractivity contribution in [3.63, 3.8) is 0 Å². The molecule has 412 valence electrons. The highest BCUT2D eigenvalue weighted by Gasteiger charge is 2.51. The molecule has 14 heteroatoms. The molecule has 0 spiro atoms. The van der Waals surface area contributed by atoms with E-state index in [-0.39, 0.29) is 18.9 Å². The molecule has 0 bridgehead atoms. The first-order valence-corrected chi connectivity index (χ1v) is 27.5. The van der Waals surface area contributed by atoms with Crippen LogP contribution in [-0.4, -0.2) is 140 Å². The quantitative estimate of drug-likeness (QED) is 0.0208. The smallest absolute Gasteiger partial charge is 0.220 e. The molecule has 0 aromatic heterocycles. The van der Waals surface area contributed by atoms with E-state index in [0.29, 0.717) is 6.42 Å². The molecule has 2 fully saturated rings. The third-order valence-electron chi connectivity index (χ3n) is 12.8. The lowest BCUT2D eigenvalue weighted by Crippen LogP contribution is -2.65. The largest absolute Gasteiger partial charge is 0.394 e. The third kappa shape index (κ3) is 29.1. The Labute approximate surface area is 433 Å². The molecule has 14 nitrogen and oxygen atoms in total. The molecule has 2 heterocycles. The van der Waals surface area contributed by atoms with E-state index in [0.717, 1.165) is 103 Å². The van der Waals surface area contributed by atoms with Crippen molar-refractivity contribution in [2.24, 2.45) is 0 Å². The molecule has 12 atom stereocenters. The zero-order valence-electron chi connectivity index (χ0n) is 43.9. The Hall–Kier alpha value is -3.09.